The first-order valence-electron chi connectivity index (χ1n) is 12.2. The molecule has 14 heteroatoms. The molecule has 0 amide bonds. The van der Waals surface area contributed by atoms with Crippen LogP contribution in [0.3, 0.4) is 0 Å². The van der Waals surface area contributed by atoms with Gasteiger partial charge in [0.15, 0.2) is 0 Å². The predicted molar refractivity (Wildman–Crippen MR) is 182 cm³/mol. The van der Waals surface area contributed by atoms with Gasteiger partial charge in [-0.2, -0.15) is 0 Å². The van der Waals surface area contributed by atoms with Crippen LogP contribution in [0.25, 0.3) is 19.9 Å². The van der Waals surface area contributed by atoms with E-state index in [4.69, 9.17) is 54.0 Å². The monoisotopic (exact) mass is 820 g/mol. The summed E-state index contributed by atoms with van der Waals surface area (Å²) in [4.78, 5) is 19.0. The van der Waals surface area contributed by atoms with Gasteiger partial charge in [0.2, 0.25) is 0 Å². The van der Waals surface area contributed by atoms with Crippen LogP contribution < -0.4 is 0 Å². The van der Waals surface area contributed by atoms with Gasteiger partial charge in [0.05, 0.1) is 0 Å². The van der Waals surface area contributed by atoms with E-state index in [0.29, 0.717) is 0 Å². The zero-order valence-corrected chi connectivity index (χ0v) is 36.9. The number of hydrogen-bond acceptors (Lipinski definition) is 0. The van der Waals surface area contributed by atoms with Crippen molar-refractivity contribution in [2.24, 2.45) is 0 Å². The molecule has 0 fully saturated rings. The van der Waals surface area contributed by atoms with E-state index in [9.17, 15) is 0 Å². The maximum atomic E-state index is 4.93. The Balaban J connectivity index is 0. The second-order valence-electron chi connectivity index (χ2n) is 12.3. The van der Waals surface area contributed by atoms with E-state index in [1.54, 1.807) is 0 Å². The third-order valence-corrected chi connectivity index (χ3v) is 7.27. The SMILES string of the molecule is C[Si](C)(C)[N-]c1ccc([N-][Si](C)(C)C)cc1.C[Si](C)(C)[N-]c1ccc([N-][Si](C)(C)C)cc1.[Cl][Zr+2][Cl].[Cl][Zr+2][Cl]. The van der Waals surface area contributed by atoms with Crippen LogP contribution in [0.2, 0.25) is 78.6 Å². The molecule has 0 spiro atoms. The molecule has 0 saturated heterocycles. The van der Waals surface area contributed by atoms with Crippen molar-refractivity contribution in [3.8, 4) is 0 Å². The first kappa shape index (κ1) is 41.6. The molecule has 0 N–H and O–H groups in total. The number of rotatable bonds is 8. The van der Waals surface area contributed by atoms with Crippen LogP contribution in [0.4, 0.5) is 22.7 Å². The van der Waals surface area contributed by atoms with Gasteiger partial charge in [-0.1, -0.05) is 127 Å². The van der Waals surface area contributed by atoms with Crippen molar-refractivity contribution in [2.75, 3.05) is 0 Å². The predicted octanol–water partition coefficient (Wildman–Crippen LogP) is 13.5. The Bertz CT molecular complexity index is 726. The van der Waals surface area contributed by atoms with Gasteiger partial charge in [-0.3, -0.25) is 0 Å². The van der Waals surface area contributed by atoms with Crippen LogP contribution in [-0.4, -0.2) is 32.9 Å². The molecule has 0 aliphatic rings. The zero-order chi connectivity index (χ0) is 30.2. The maximum absolute atomic E-state index is 4.93. The summed E-state index contributed by atoms with van der Waals surface area (Å²) in [5.74, 6) is 0. The average Bonchev–Trinajstić information content (AvgIpc) is 2.68. The minimum absolute atomic E-state index is 0.826. The van der Waals surface area contributed by atoms with Gasteiger partial charge in [0.25, 0.3) is 0 Å². The fourth-order valence-corrected chi connectivity index (χ4v) is 6.45. The number of halogens is 4. The van der Waals surface area contributed by atoms with Crippen LogP contribution in [0.1, 0.15) is 0 Å². The quantitative estimate of drug-likeness (QED) is 0.238. The van der Waals surface area contributed by atoms with E-state index >= 15 is 0 Å². The second kappa shape index (κ2) is 20.4. The summed E-state index contributed by atoms with van der Waals surface area (Å²) >= 11 is -1.65. The average molecular weight is 825 g/mol. The molecule has 0 aliphatic carbocycles. The Kier molecular flexibility index (Phi) is 22.3. The number of hydrogen-bond donors (Lipinski definition) is 0. The summed E-state index contributed by atoms with van der Waals surface area (Å²) in [6.07, 6.45) is 0. The Morgan fingerprint density at radius 2 is 0.474 bits per heavy atom. The summed E-state index contributed by atoms with van der Waals surface area (Å²) in [6, 6.07) is 16.6. The van der Waals surface area contributed by atoms with Gasteiger partial charge in [0, 0.05) is 0 Å². The molecule has 0 unspecified atom stereocenters. The number of nitrogens with zero attached hydrogens (tertiary/aromatic N) is 4. The van der Waals surface area contributed by atoms with E-state index in [1.807, 2.05) is 0 Å². The first-order chi connectivity index (χ1) is 17.1. The molecule has 0 bridgehead atoms. The van der Waals surface area contributed by atoms with Crippen LogP contribution in [0.5, 0.6) is 0 Å². The Morgan fingerprint density at radius 3 is 0.553 bits per heavy atom. The van der Waals surface area contributed by atoms with Crippen LogP contribution in [0, 0.1) is 0 Å². The van der Waals surface area contributed by atoms with E-state index in [0.717, 1.165) is 22.7 Å². The van der Waals surface area contributed by atoms with Crippen LogP contribution in [-0.2, 0) is 41.7 Å². The molecular formula is C24H44Cl4N4Si4Zr2. The molecule has 0 heterocycles. The van der Waals surface area contributed by atoms with Gasteiger partial charge >= 0.3 is 75.7 Å². The molecular weight excluding hydrogens is 781 g/mol. The van der Waals surface area contributed by atoms with E-state index in [-0.39, 0.29) is 0 Å². The molecule has 212 valence electrons. The van der Waals surface area contributed by atoms with Crippen molar-refractivity contribution in [1.82, 2.24) is 0 Å². The normalized spacial score (nSPS) is 10.9. The molecule has 0 atom stereocenters. The Morgan fingerprint density at radius 1 is 0.368 bits per heavy atom. The topological polar surface area (TPSA) is 56.4 Å². The summed E-state index contributed by atoms with van der Waals surface area (Å²) < 4.78 is 0. The Labute approximate surface area is 275 Å². The van der Waals surface area contributed by atoms with Crippen molar-refractivity contribution in [3.05, 3.63) is 68.5 Å². The van der Waals surface area contributed by atoms with Crippen molar-refractivity contribution >= 4 is 89.7 Å². The van der Waals surface area contributed by atoms with Crippen molar-refractivity contribution in [1.29, 1.82) is 0 Å². The van der Waals surface area contributed by atoms with E-state index < -0.39 is 74.6 Å². The van der Waals surface area contributed by atoms with Gasteiger partial charge < -0.3 is 19.9 Å². The van der Waals surface area contributed by atoms with Gasteiger partial charge in [0.1, 0.15) is 0 Å². The van der Waals surface area contributed by atoms with Crippen molar-refractivity contribution in [2.45, 2.75) is 78.6 Å². The summed E-state index contributed by atoms with van der Waals surface area (Å²) in [5.41, 5.74) is 4.37. The van der Waals surface area contributed by atoms with Gasteiger partial charge in [-0.15, -0.1) is 22.7 Å². The fraction of sp³-hybridized carbons (Fsp3) is 0.500. The third kappa shape index (κ3) is 28.9. The molecule has 0 saturated carbocycles. The van der Waals surface area contributed by atoms with Crippen LogP contribution >= 0.6 is 34.1 Å². The van der Waals surface area contributed by atoms with E-state index in [2.05, 4.69) is 127 Å². The summed E-state index contributed by atoms with van der Waals surface area (Å²) in [6.45, 7) is 26.9. The molecule has 0 radical (unpaired) electrons. The third-order valence-electron chi connectivity index (χ3n) is 3.56. The molecule has 4 nitrogen and oxygen atoms in total. The molecule has 2 rings (SSSR count). The van der Waals surface area contributed by atoms with Gasteiger partial charge in [-0.05, 0) is 32.9 Å². The standard InChI is InChI=1S/2C12H22N2Si2.4ClH.2Zr/c2*1-15(2,3)13-11-7-9-12(10-8-11)14-16(4,5)6;;;;;;/h2*7-10H,1-6H3;4*1H;;/q2*-2;;;;;2*+4/p-4. The molecule has 0 aromatic heterocycles. The van der Waals surface area contributed by atoms with Crippen molar-refractivity contribution in [3.63, 3.8) is 0 Å². The first-order valence-corrected chi connectivity index (χ1v) is 38.6. The zero-order valence-electron chi connectivity index (χ0n) is 24.9. The molecule has 2 aromatic carbocycles. The summed E-state index contributed by atoms with van der Waals surface area (Å²) in [5, 5.41) is 0. The van der Waals surface area contributed by atoms with Gasteiger partial charge in [-0.25, -0.2) is 0 Å². The molecule has 0 aliphatic heterocycles. The molecule has 38 heavy (non-hydrogen) atoms. The van der Waals surface area contributed by atoms with E-state index in [1.165, 1.54) is 0 Å². The van der Waals surface area contributed by atoms with Crippen molar-refractivity contribution < 1.29 is 41.7 Å². The minimum atomic E-state index is -1.36. The number of benzene rings is 2. The fourth-order valence-electron chi connectivity index (χ4n) is 2.75. The summed E-state index contributed by atoms with van der Waals surface area (Å²) in [7, 11) is 14.3. The molecule has 2 aromatic rings. The second-order valence-corrected chi connectivity index (χ2v) is 38.0. The Hall–Kier alpha value is 1.43. The van der Waals surface area contributed by atoms with Crippen LogP contribution in [0.15, 0.2) is 48.5 Å².